The van der Waals surface area contributed by atoms with Crippen molar-refractivity contribution in [2.75, 3.05) is 33.9 Å². The first-order chi connectivity index (χ1) is 15.8. The minimum atomic E-state index is -3.52. The summed E-state index contributed by atoms with van der Waals surface area (Å²) in [4.78, 5) is 15.0. The molecule has 1 aliphatic rings. The Morgan fingerprint density at radius 3 is 2.27 bits per heavy atom. The van der Waals surface area contributed by atoms with Crippen LogP contribution in [-0.4, -0.2) is 33.7 Å². The molecule has 0 radical (unpaired) electrons. The molecule has 4 rings (SSSR count). The molecule has 0 unspecified atom stereocenters. The topological polar surface area (TPSA) is 69.7 Å². The fourth-order valence-electron chi connectivity index (χ4n) is 3.89. The summed E-state index contributed by atoms with van der Waals surface area (Å²) in [5, 5.41) is 3.37. The van der Waals surface area contributed by atoms with Gasteiger partial charge in [0.1, 0.15) is 0 Å². The highest BCUT2D eigenvalue weighted by molar-refractivity contribution is 7.92. The summed E-state index contributed by atoms with van der Waals surface area (Å²) < 4.78 is 26.0. The Morgan fingerprint density at radius 1 is 1.00 bits per heavy atom. The maximum absolute atomic E-state index is 12.7. The van der Waals surface area contributed by atoms with Gasteiger partial charge in [-0.1, -0.05) is 29.8 Å². The molecule has 0 aliphatic carbocycles. The average Bonchev–Trinajstić information content (AvgIpc) is 3.32. The lowest BCUT2D eigenvalue weighted by Crippen LogP contribution is -2.29. The summed E-state index contributed by atoms with van der Waals surface area (Å²) in [7, 11) is -3.52. The lowest BCUT2D eigenvalue weighted by molar-refractivity contribution is 0.102. The average molecular weight is 484 g/mol. The van der Waals surface area contributed by atoms with E-state index in [4.69, 9.17) is 11.6 Å². The predicted molar refractivity (Wildman–Crippen MR) is 135 cm³/mol. The Balaban J connectivity index is 1.43. The fourth-order valence-corrected chi connectivity index (χ4v) is 4.96. The van der Waals surface area contributed by atoms with Gasteiger partial charge in [-0.05, 0) is 73.0 Å². The van der Waals surface area contributed by atoms with Crippen LogP contribution in [0.25, 0.3) is 0 Å². The third-order valence-corrected chi connectivity index (χ3v) is 7.01. The van der Waals surface area contributed by atoms with Crippen molar-refractivity contribution in [2.24, 2.45) is 0 Å². The molecular weight excluding hydrogens is 458 g/mol. The first-order valence-corrected chi connectivity index (χ1v) is 13.0. The van der Waals surface area contributed by atoms with Crippen molar-refractivity contribution in [3.05, 3.63) is 88.9 Å². The fraction of sp³-hybridized carbons (Fsp3) is 0.240. The number of anilines is 3. The molecule has 1 fully saturated rings. The Hall–Kier alpha value is -3.03. The lowest BCUT2D eigenvalue weighted by Gasteiger charge is -2.22. The molecule has 1 N–H and O–H groups in total. The highest BCUT2D eigenvalue weighted by atomic mass is 35.5. The van der Waals surface area contributed by atoms with Crippen LogP contribution in [0.15, 0.2) is 72.8 Å². The summed E-state index contributed by atoms with van der Waals surface area (Å²) in [5.74, 6) is -0.217. The zero-order chi connectivity index (χ0) is 23.4. The van der Waals surface area contributed by atoms with Crippen molar-refractivity contribution in [3.8, 4) is 0 Å². The van der Waals surface area contributed by atoms with Gasteiger partial charge < -0.3 is 10.2 Å². The number of amides is 1. The van der Waals surface area contributed by atoms with Crippen LogP contribution in [0, 0.1) is 0 Å². The van der Waals surface area contributed by atoms with Gasteiger partial charge in [-0.2, -0.15) is 0 Å². The van der Waals surface area contributed by atoms with E-state index in [0.29, 0.717) is 16.3 Å². The molecule has 6 nitrogen and oxygen atoms in total. The molecule has 1 amide bonds. The molecule has 8 heteroatoms. The second-order valence-electron chi connectivity index (χ2n) is 8.14. The van der Waals surface area contributed by atoms with Crippen LogP contribution in [0.3, 0.4) is 0 Å². The van der Waals surface area contributed by atoms with Crippen LogP contribution in [0.2, 0.25) is 5.02 Å². The highest BCUT2D eigenvalue weighted by Gasteiger charge is 2.18. The van der Waals surface area contributed by atoms with Crippen molar-refractivity contribution >= 4 is 44.6 Å². The Kier molecular flexibility index (Phi) is 6.91. The summed E-state index contributed by atoms with van der Waals surface area (Å²) in [5.41, 5.74) is 3.65. The number of nitrogens with one attached hydrogen (secondary N) is 1. The molecule has 0 aromatic heterocycles. The number of rotatable bonds is 7. The molecule has 3 aromatic rings. The number of carbonyl (C=O) groups is 1. The largest absolute Gasteiger partial charge is 0.372 e. The zero-order valence-electron chi connectivity index (χ0n) is 18.4. The smallest absolute Gasteiger partial charge is 0.255 e. The first kappa shape index (κ1) is 23.1. The maximum Gasteiger partial charge on any atom is 0.255 e. The van der Waals surface area contributed by atoms with Crippen LogP contribution in [0.1, 0.15) is 28.8 Å². The minimum Gasteiger partial charge on any atom is -0.372 e. The minimum absolute atomic E-state index is 0.138. The molecule has 0 atom stereocenters. The van der Waals surface area contributed by atoms with E-state index in [0.717, 1.165) is 30.6 Å². The van der Waals surface area contributed by atoms with E-state index in [9.17, 15) is 13.2 Å². The Morgan fingerprint density at radius 2 is 1.67 bits per heavy atom. The van der Waals surface area contributed by atoms with Crippen LogP contribution in [0.5, 0.6) is 0 Å². The van der Waals surface area contributed by atoms with E-state index in [1.54, 1.807) is 48.5 Å². The van der Waals surface area contributed by atoms with Crippen molar-refractivity contribution in [3.63, 3.8) is 0 Å². The van der Waals surface area contributed by atoms with Crippen molar-refractivity contribution in [2.45, 2.75) is 19.4 Å². The van der Waals surface area contributed by atoms with Gasteiger partial charge in [0.2, 0.25) is 10.0 Å². The summed E-state index contributed by atoms with van der Waals surface area (Å²) >= 11 is 6.04. The van der Waals surface area contributed by atoms with Crippen LogP contribution < -0.4 is 14.5 Å². The zero-order valence-corrected chi connectivity index (χ0v) is 19.9. The van der Waals surface area contributed by atoms with Crippen LogP contribution in [-0.2, 0) is 16.6 Å². The van der Waals surface area contributed by atoms with Gasteiger partial charge in [-0.3, -0.25) is 9.10 Å². The Bertz CT molecular complexity index is 1220. The van der Waals surface area contributed by atoms with Gasteiger partial charge in [-0.25, -0.2) is 8.42 Å². The summed E-state index contributed by atoms with van der Waals surface area (Å²) in [6.45, 7) is 2.29. The van der Waals surface area contributed by atoms with Crippen LogP contribution >= 0.6 is 11.6 Å². The second kappa shape index (κ2) is 9.85. The number of halogens is 1. The summed E-state index contributed by atoms with van der Waals surface area (Å²) in [6, 6.07) is 21.5. The SMILES string of the molecule is CS(=O)(=O)N(Cc1ccc(C(=O)Nc2ccc(N3CCCC3)cc2)cc1)c1cccc(Cl)c1. The number of hydrogen-bond acceptors (Lipinski definition) is 4. The molecule has 0 saturated carbocycles. The monoisotopic (exact) mass is 483 g/mol. The molecule has 0 bridgehead atoms. The standard InChI is InChI=1S/C25H26ClN3O3S/c1-33(31,32)29(24-6-4-5-21(26)17-24)18-19-7-9-20(10-8-19)25(30)27-22-11-13-23(14-12-22)28-15-2-3-16-28/h4-14,17H,2-3,15-16,18H2,1H3,(H,27,30). The van der Waals surface area contributed by atoms with E-state index in [2.05, 4.69) is 10.2 Å². The van der Waals surface area contributed by atoms with Gasteiger partial charge in [-0.15, -0.1) is 0 Å². The number of benzene rings is 3. The molecule has 1 saturated heterocycles. The Labute approximate surface area is 199 Å². The lowest BCUT2D eigenvalue weighted by atomic mass is 10.1. The molecule has 172 valence electrons. The summed E-state index contributed by atoms with van der Waals surface area (Å²) in [6.07, 6.45) is 3.59. The second-order valence-corrected chi connectivity index (χ2v) is 10.5. The quantitative estimate of drug-likeness (QED) is 0.504. The van der Waals surface area contributed by atoms with Crippen molar-refractivity contribution in [1.29, 1.82) is 0 Å². The normalized spacial score (nSPS) is 13.7. The van der Waals surface area contributed by atoms with Gasteiger partial charge in [0.15, 0.2) is 0 Å². The number of sulfonamides is 1. The molecule has 0 spiro atoms. The first-order valence-electron chi connectivity index (χ1n) is 10.8. The third-order valence-electron chi connectivity index (χ3n) is 5.64. The number of carbonyl (C=O) groups excluding carboxylic acids is 1. The van der Waals surface area contributed by atoms with Crippen molar-refractivity contribution in [1.82, 2.24) is 0 Å². The number of nitrogens with zero attached hydrogens (tertiary/aromatic N) is 2. The van der Waals surface area contributed by atoms with Crippen molar-refractivity contribution < 1.29 is 13.2 Å². The van der Waals surface area contributed by atoms with Gasteiger partial charge in [0.05, 0.1) is 18.5 Å². The maximum atomic E-state index is 12.7. The predicted octanol–water partition coefficient (Wildman–Crippen LogP) is 5.16. The van der Waals surface area contributed by atoms with E-state index in [-0.39, 0.29) is 12.5 Å². The van der Waals surface area contributed by atoms with Crippen LogP contribution in [0.4, 0.5) is 17.1 Å². The molecule has 3 aromatic carbocycles. The van der Waals surface area contributed by atoms with E-state index >= 15 is 0 Å². The molecule has 1 aliphatic heterocycles. The van der Waals surface area contributed by atoms with E-state index in [1.807, 2.05) is 24.3 Å². The highest BCUT2D eigenvalue weighted by Crippen LogP contribution is 2.25. The molecular formula is C25H26ClN3O3S. The number of hydrogen-bond donors (Lipinski definition) is 1. The van der Waals surface area contributed by atoms with Gasteiger partial charge in [0.25, 0.3) is 5.91 Å². The van der Waals surface area contributed by atoms with E-state index < -0.39 is 10.0 Å². The third kappa shape index (κ3) is 5.86. The molecule has 33 heavy (non-hydrogen) atoms. The molecule has 1 heterocycles. The van der Waals surface area contributed by atoms with E-state index in [1.165, 1.54) is 22.8 Å². The van der Waals surface area contributed by atoms with Gasteiger partial charge >= 0.3 is 0 Å². The van der Waals surface area contributed by atoms with Gasteiger partial charge in [0, 0.05) is 35.1 Å².